The van der Waals surface area contributed by atoms with Crippen molar-refractivity contribution in [2.24, 2.45) is 5.92 Å². The number of carbonyl (C=O) groups excluding carboxylic acids is 3. The Labute approximate surface area is 259 Å². The third-order valence-electron chi connectivity index (χ3n) is 8.97. The lowest BCUT2D eigenvalue weighted by molar-refractivity contribution is -0.384. The number of para-hydroxylation sites is 1. The van der Waals surface area contributed by atoms with Gasteiger partial charge in [-0.15, -0.1) is 0 Å². The first-order chi connectivity index (χ1) is 21.7. The van der Waals surface area contributed by atoms with E-state index >= 15 is 0 Å². The summed E-state index contributed by atoms with van der Waals surface area (Å²) in [5, 5.41) is 14.7. The number of rotatable bonds is 7. The average Bonchev–Trinajstić information content (AvgIpc) is 3.52. The van der Waals surface area contributed by atoms with E-state index in [0.29, 0.717) is 22.6 Å². The predicted octanol–water partition coefficient (Wildman–Crippen LogP) is 6.36. The van der Waals surface area contributed by atoms with Crippen molar-refractivity contribution in [3.8, 4) is 5.75 Å². The van der Waals surface area contributed by atoms with Gasteiger partial charge in [0.25, 0.3) is 5.69 Å². The molecule has 1 amide bonds. The van der Waals surface area contributed by atoms with Crippen LogP contribution < -0.4 is 10.1 Å². The van der Waals surface area contributed by atoms with Crippen molar-refractivity contribution < 1.29 is 24.0 Å². The number of amides is 1. The van der Waals surface area contributed by atoms with E-state index in [4.69, 9.17) is 4.74 Å². The van der Waals surface area contributed by atoms with Crippen molar-refractivity contribution >= 4 is 34.9 Å². The molecule has 4 aromatic rings. The van der Waals surface area contributed by atoms with Crippen molar-refractivity contribution in [3.63, 3.8) is 0 Å². The molecule has 3 aliphatic heterocycles. The minimum absolute atomic E-state index is 0.0666. The molecule has 3 heterocycles. The summed E-state index contributed by atoms with van der Waals surface area (Å²) in [6.45, 7) is 3.81. The van der Waals surface area contributed by atoms with Crippen LogP contribution in [0.5, 0.6) is 5.75 Å². The minimum Gasteiger partial charge on any atom is -0.491 e. The molecule has 0 radical (unpaired) electrons. The van der Waals surface area contributed by atoms with Gasteiger partial charge in [0, 0.05) is 35.1 Å². The highest BCUT2D eigenvalue weighted by molar-refractivity contribution is 6.16. The number of fused-ring (bicyclic) bond motifs is 6. The van der Waals surface area contributed by atoms with Crippen LogP contribution in [0.15, 0.2) is 103 Å². The van der Waals surface area contributed by atoms with E-state index in [9.17, 15) is 24.5 Å². The first-order valence-corrected chi connectivity index (χ1v) is 14.8. The number of Topliss-reactive ketones (excluding diaryl/α,β-unsaturated/α-hetero) is 2. The first-order valence-electron chi connectivity index (χ1n) is 14.8. The fourth-order valence-electron chi connectivity index (χ4n) is 7.26. The molecule has 3 aliphatic rings. The highest BCUT2D eigenvalue weighted by Gasteiger charge is 2.70. The summed E-state index contributed by atoms with van der Waals surface area (Å²) >= 11 is 0. The van der Waals surface area contributed by atoms with E-state index in [1.54, 1.807) is 36.5 Å². The zero-order valence-electron chi connectivity index (χ0n) is 24.5. The van der Waals surface area contributed by atoms with E-state index < -0.39 is 34.1 Å². The van der Waals surface area contributed by atoms with Gasteiger partial charge in [0.1, 0.15) is 17.2 Å². The molecule has 0 bridgehead atoms. The van der Waals surface area contributed by atoms with Gasteiger partial charge in [-0.3, -0.25) is 24.5 Å². The van der Waals surface area contributed by atoms with Gasteiger partial charge in [-0.2, -0.15) is 0 Å². The molecule has 224 valence electrons. The number of nitrogens with zero attached hydrogens (tertiary/aromatic N) is 2. The maximum absolute atomic E-state index is 14.9. The second kappa shape index (κ2) is 10.6. The molecule has 0 saturated carbocycles. The fraction of sp³-hybridized carbons (Fsp3) is 0.194. The maximum Gasteiger partial charge on any atom is 0.270 e. The van der Waals surface area contributed by atoms with Crippen molar-refractivity contribution in [2.75, 3.05) is 5.32 Å². The SMILES string of the molecule is CC(C)Oc1ccc(C(=O)[C@@H]2[C@H](C(=O)c3cccc([N+](=O)[O-])c3)N3C=Cc4ccccc4[C@H]3[C@@]23C(=O)Nc2ccccc23)cc1. The molecular formula is C36H29N3O6. The van der Waals surface area contributed by atoms with E-state index in [1.165, 1.54) is 24.3 Å². The Morgan fingerprint density at radius 2 is 1.64 bits per heavy atom. The average molecular weight is 600 g/mol. The number of nitro benzene ring substituents is 1. The summed E-state index contributed by atoms with van der Waals surface area (Å²) in [7, 11) is 0. The van der Waals surface area contributed by atoms with E-state index in [1.807, 2.05) is 67.3 Å². The lowest BCUT2D eigenvalue weighted by atomic mass is 9.62. The van der Waals surface area contributed by atoms with Gasteiger partial charge in [-0.05, 0) is 66.9 Å². The first kappa shape index (κ1) is 28.2. The van der Waals surface area contributed by atoms with E-state index in [0.717, 1.165) is 11.1 Å². The number of hydrogen-bond acceptors (Lipinski definition) is 7. The number of non-ortho nitro benzene ring substituents is 1. The second-order valence-electron chi connectivity index (χ2n) is 11.8. The number of ether oxygens (including phenoxy) is 1. The highest BCUT2D eigenvalue weighted by Crippen LogP contribution is 2.62. The van der Waals surface area contributed by atoms with E-state index in [2.05, 4.69) is 5.32 Å². The molecule has 0 unspecified atom stereocenters. The molecule has 4 atom stereocenters. The molecule has 9 heteroatoms. The number of hydrogen-bond donors (Lipinski definition) is 1. The molecular weight excluding hydrogens is 570 g/mol. The van der Waals surface area contributed by atoms with Crippen molar-refractivity contribution in [1.29, 1.82) is 0 Å². The summed E-state index contributed by atoms with van der Waals surface area (Å²) in [6.07, 6.45) is 3.58. The summed E-state index contributed by atoms with van der Waals surface area (Å²) in [5.74, 6) is -1.85. The van der Waals surface area contributed by atoms with Gasteiger partial charge in [0.15, 0.2) is 11.6 Å². The number of anilines is 1. The van der Waals surface area contributed by atoms with Crippen molar-refractivity contribution in [1.82, 2.24) is 4.90 Å². The van der Waals surface area contributed by atoms with E-state index in [-0.39, 0.29) is 29.0 Å². The summed E-state index contributed by atoms with van der Waals surface area (Å²) in [5.41, 5.74) is 1.56. The molecule has 1 N–H and O–H groups in total. The molecule has 1 fully saturated rings. The number of nitro groups is 1. The Morgan fingerprint density at radius 3 is 2.40 bits per heavy atom. The lowest BCUT2D eigenvalue weighted by Crippen LogP contribution is -2.49. The van der Waals surface area contributed by atoms with Gasteiger partial charge in [0.05, 0.1) is 23.0 Å². The summed E-state index contributed by atoms with van der Waals surface area (Å²) < 4.78 is 5.79. The normalized spacial score (nSPS) is 22.5. The zero-order chi connectivity index (χ0) is 31.5. The molecule has 1 saturated heterocycles. The van der Waals surface area contributed by atoms with Gasteiger partial charge in [-0.25, -0.2) is 0 Å². The second-order valence-corrected chi connectivity index (χ2v) is 11.8. The molecule has 7 rings (SSSR count). The third-order valence-corrected chi connectivity index (χ3v) is 8.97. The highest BCUT2D eigenvalue weighted by atomic mass is 16.6. The number of carbonyl (C=O) groups is 3. The molecule has 9 nitrogen and oxygen atoms in total. The standard InChI is InChI=1S/C36H29N3O6/c1-21(2)45-26-16-14-23(15-17-26)32(40)30-31(33(41)24-9-7-10-25(20-24)39(43)44)38-19-18-22-8-3-4-11-27(22)34(38)36(30)28-12-5-6-13-29(28)37-35(36)42/h3-21,30-31,34H,1-2H3,(H,37,42)/t30-,31+,34-,36-/m0/s1. The summed E-state index contributed by atoms with van der Waals surface area (Å²) in [4.78, 5) is 57.1. The number of nitrogens with one attached hydrogen (secondary N) is 1. The van der Waals surface area contributed by atoms with Gasteiger partial charge < -0.3 is 15.0 Å². The maximum atomic E-state index is 14.9. The van der Waals surface area contributed by atoms with Crippen LogP contribution in [-0.2, 0) is 10.2 Å². The van der Waals surface area contributed by atoms with Crippen LogP contribution in [0, 0.1) is 16.0 Å². The summed E-state index contributed by atoms with van der Waals surface area (Å²) in [6, 6.07) is 25.3. The van der Waals surface area contributed by atoms with Crippen molar-refractivity contribution in [2.45, 2.75) is 37.5 Å². The van der Waals surface area contributed by atoms with Crippen LogP contribution >= 0.6 is 0 Å². The smallest absolute Gasteiger partial charge is 0.270 e. The zero-order valence-corrected chi connectivity index (χ0v) is 24.5. The Hall–Kier alpha value is -5.57. The molecule has 0 aromatic heterocycles. The Balaban J connectivity index is 1.48. The quantitative estimate of drug-likeness (QED) is 0.149. The van der Waals surface area contributed by atoms with Crippen LogP contribution in [-0.4, -0.2) is 39.4 Å². The Kier molecular flexibility index (Phi) is 6.62. The number of ketones is 2. The molecule has 1 spiro atoms. The van der Waals surface area contributed by atoms with Crippen LogP contribution in [0.25, 0.3) is 6.08 Å². The van der Waals surface area contributed by atoms with Gasteiger partial charge >= 0.3 is 0 Å². The minimum atomic E-state index is -1.50. The Morgan fingerprint density at radius 1 is 0.911 bits per heavy atom. The topological polar surface area (TPSA) is 119 Å². The van der Waals surface area contributed by atoms with Gasteiger partial charge in [0.2, 0.25) is 5.91 Å². The largest absolute Gasteiger partial charge is 0.491 e. The fourth-order valence-corrected chi connectivity index (χ4v) is 7.26. The van der Waals surface area contributed by atoms with Gasteiger partial charge in [-0.1, -0.05) is 54.6 Å². The molecule has 4 aromatic carbocycles. The Bertz CT molecular complexity index is 1920. The molecule has 45 heavy (non-hydrogen) atoms. The number of benzene rings is 4. The van der Waals surface area contributed by atoms with Crippen molar-refractivity contribution in [3.05, 3.63) is 141 Å². The van der Waals surface area contributed by atoms with Crippen LogP contribution in [0.2, 0.25) is 0 Å². The third kappa shape index (κ3) is 4.26. The van der Waals surface area contributed by atoms with Crippen LogP contribution in [0.4, 0.5) is 11.4 Å². The molecule has 0 aliphatic carbocycles. The van der Waals surface area contributed by atoms with Crippen LogP contribution in [0.1, 0.15) is 57.3 Å². The lowest BCUT2D eigenvalue weighted by Gasteiger charge is -2.38. The van der Waals surface area contributed by atoms with Crippen LogP contribution in [0.3, 0.4) is 0 Å². The monoisotopic (exact) mass is 599 g/mol. The predicted molar refractivity (Wildman–Crippen MR) is 168 cm³/mol.